The van der Waals surface area contributed by atoms with Crippen LogP contribution in [0.1, 0.15) is 50.7 Å². The normalized spacial score (nSPS) is 17.7. The quantitative estimate of drug-likeness (QED) is 0.815. The minimum Gasteiger partial charge on any atom is -0.404 e. The van der Waals surface area contributed by atoms with E-state index in [9.17, 15) is 18.4 Å². The second-order valence-electron chi connectivity index (χ2n) is 6.25. The highest BCUT2D eigenvalue weighted by atomic mass is 19.1. The number of halogens is 2. The average molecular weight is 321 g/mol. The lowest BCUT2D eigenvalue weighted by Crippen LogP contribution is -2.22. The zero-order valence-electron chi connectivity index (χ0n) is 13.5. The summed E-state index contributed by atoms with van der Waals surface area (Å²) in [6.45, 7) is 4.43. The van der Waals surface area contributed by atoms with E-state index in [1.54, 1.807) is 6.92 Å². The molecule has 2 N–H and O–H groups in total. The van der Waals surface area contributed by atoms with Crippen LogP contribution in [0.4, 0.5) is 8.78 Å². The number of allylic oxidation sites excluding steroid dienone is 1. The maximum Gasteiger partial charge on any atom is 0.161 e. The van der Waals surface area contributed by atoms with Gasteiger partial charge in [0.2, 0.25) is 0 Å². The van der Waals surface area contributed by atoms with Gasteiger partial charge in [0.1, 0.15) is 17.4 Å². The van der Waals surface area contributed by atoms with Gasteiger partial charge >= 0.3 is 0 Å². The van der Waals surface area contributed by atoms with Gasteiger partial charge in [-0.3, -0.25) is 9.59 Å². The van der Waals surface area contributed by atoms with Gasteiger partial charge in [-0.1, -0.05) is 6.92 Å². The van der Waals surface area contributed by atoms with Crippen LogP contribution in [0, 0.1) is 23.5 Å². The number of hydrogen-bond donors (Lipinski definition) is 1. The van der Waals surface area contributed by atoms with Crippen molar-refractivity contribution in [2.45, 2.75) is 39.5 Å². The van der Waals surface area contributed by atoms with Gasteiger partial charge in [0, 0.05) is 23.3 Å². The van der Waals surface area contributed by atoms with Crippen LogP contribution in [0.25, 0.3) is 5.57 Å². The summed E-state index contributed by atoms with van der Waals surface area (Å²) in [5.41, 5.74) is 5.44. The van der Waals surface area contributed by atoms with E-state index < -0.39 is 17.6 Å². The van der Waals surface area contributed by atoms with Gasteiger partial charge in [0.25, 0.3) is 0 Å². The molecule has 0 radical (unpaired) electrons. The zero-order valence-corrected chi connectivity index (χ0v) is 13.5. The molecule has 0 aliphatic heterocycles. The van der Waals surface area contributed by atoms with Gasteiger partial charge in [0.05, 0.1) is 0 Å². The second kappa shape index (κ2) is 6.60. The Morgan fingerprint density at radius 2 is 1.74 bits per heavy atom. The van der Waals surface area contributed by atoms with Gasteiger partial charge in [-0.25, -0.2) is 8.78 Å². The zero-order chi connectivity index (χ0) is 17.3. The van der Waals surface area contributed by atoms with E-state index in [0.29, 0.717) is 0 Å². The molecule has 0 bridgehead atoms. The highest BCUT2D eigenvalue weighted by molar-refractivity contribution is 6.19. The highest BCUT2D eigenvalue weighted by Crippen LogP contribution is 2.45. The summed E-state index contributed by atoms with van der Waals surface area (Å²) in [6.07, 6.45) is 2.88. The Morgan fingerprint density at radius 3 is 2.09 bits per heavy atom. The van der Waals surface area contributed by atoms with Crippen LogP contribution in [0.2, 0.25) is 0 Å². The lowest BCUT2D eigenvalue weighted by Gasteiger charge is -2.23. The Labute approximate surface area is 134 Å². The average Bonchev–Trinajstić information content (AvgIpc) is 3.22. The molecule has 5 heteroatoms. The van der Waals surface area contributed by atoms with Crippen molar-refractivity contribution in [3.63, 3.8) is 0 Å². The molecule has 1 aliphatic carbocycles. The molecule has 2 atom stereocenters. The maximum atomic E-state index is 14.5. The number of benzene rings is 1. The molecule has 1 saturated carbocycles. The third-order valence-corrected chi connectivity index (χ3v) is 4.53. The number of nitrogens with two attached hydrogens (primary N) is 1. The predicted molar refractivity (Wildman–Crippen MR) is 84.5 cm³/mol. The number of rotatable bonds is 6. The van der Waals surface area contributed by atoms with E-state index in [0.717, 1.165) is 31.2 Å². The largest absolute Gasteiger partial charge is 0.404 e. The summed E-state index contributed by atoms with van der Waals surface area (Å²) < 4.78 is 29.0. The smallest absolute Gasteiger partial charge is 0.161 e. The molecule has 0 heterocycles. The van der Waals surface area contributed by atoms with E-state index in [-0.39, 0.29) is 40.1 Å². The van der Waals surface area contributed by atoms with Crippen LogP contribution < -0.4 is 5.73 Å². The lowest BCUT2D eigenvalue weighted by atomic mass is 9.81. The molecule has 0 spiro atoms. The van der Waals surface area contributed by atoms with Crippen molar-refractivity contribution in [2.24, 2.45) is 17.6 Å². The van der Waals surface area contributed by atoms with Gasteiger partial charge < -0.3 is 5.73 Å². The van der Waals surface area contributed by atoms with Gasteiger partial charge in [-0.2, -0.15) is 0 Å². The molecular weight excluding hydrogens is 300 g/mol. The van der Waals surface area contributed by atoms with Crippen molar-refractivity contribution < 1.29 is 18.4 Å². The molecule has 1 aliphatic rings. The fourth-order valence-electron chi connectivity index (χ4n) is 3.32. The Hall–Kier alpha value is -2.04. The maximum absolute atomic E-state index is 14.5. The van der Waals surface area contributed by atoms with Crippen LogP contribution in [0.5, 0.6) is 0 Å². The van der Waals surface area contributed by atoms with E-state index in [1.807, 2.05) is 0 Å². The first-order valence-corrected chi connectivity index (χ1v) is 7.70. The molecule has 23 heavy (non-hydrogen) atoms. The van der Waals surface area contributed by atoms with Crippen LogP contribution in [0.15, 0.2) is 18.3 Å². The van der Waals surface area contributed by atoms with Crippen molar-refractivity contribution in [2.75, 3.05) is 0 Å². The van der Waals surface area contributed by atoms with Crippen molar-refractivity contribution >= 4 is 17.1 Å². The molecule has 124 valence electrons. The highest BCUT2D eigenvalue weighted by Gasteiger charge is 2.40. The molecule has 0 aromatic heterocycles. The third-order valence-electron chi connectivity index (χ3n) is 4.53. The Balaban J connectivity index is 2.44. The first kappa shape index (κ1) is 17.3. The van der Waals surface area contributed by atoms with Crippen LogP contribution in [-0.4, -0.2) is 11.6 Å². The molecule has 1 aromatic carbocycles. The molecule has 2 unspecified atom stereocenters. The van der Waals surface area contributed by atoms with Crippen LogP contribution >= 0.6 is 0 Å². The van der Waals surface area contributed by atoms with Crippen LogP contribution in [0.3, 0.4) is 0 Å². The fraction of sp³-hybridized carbons (Fsp3) is 0.444. The first-order valence-electron chi connectivity index (χ1n) is 7.70. The molecule has 1 fully saturated rings. The monoisotopic (exact) mass is 321 g/mol. The minimum absolute atomic E-state index is 0.0471. The number of carbonyl (C=O) groups is 2. The summed E-state index contributed by atoms with van der Waals surface area (Å²) in [5.74, 6) is -2.63. The van der Waals surface area contributed by atoms with E-state index in [1.165, 1.54) is 13.8 Å². The number of hydrogen-bond acceptors (Lipinski definition) is 3. The molecule has 0 saturated heterocycles. The molecule has 3 nitrogen and oxygen atoms in total. The van der Waals surface area contributed by atoms with Crippen LogP contribution in [-0.2, 0) is 9.59 Å². The fourth-order valence-corrected chi connectivity index (χ4v) is 3.32. The minimum atomic E-state index is -0.750. The Kier molecular flexibility index (Phi) is 4.97. The predicted octanol–water partition coefficient (Wildman–Crippen LogP) is 3.57. The molecule has 0 amide bonds. The van der Waals surface area contributed by atoms with Crippen molar-refractivity contribution in [3.05, 3.63) is 41.1 Å². The molecular formula is C18H21F2NO2. The van der Waals surface area contributed by atoms with Gasteiger partial charge in [-0.15, -0.1) is 0 Å². The van der Waals surface area contributed by atoms with E-state index in [2.05, 4.69) is 0 Å². The van der Waals surface area contributed by atoms with Gasteiger partial charge in [-0.05, 0) is 56.2 Å². The van der Waals surface area contributed by atoms with Crippen molar-refractivity contribution in [1.82, 2.24) is 0 Å². The van der Waals surface area contributed by atoms with Crippen molar-refractivity contribution in [1.29, 1.82) is 0 Å². The SMILES string of the molecule is CC(=O)C(=CN)c1cc(F)c(C(C)C(C(C)=O)C2CC2)c(F)c1. The van der Waals surface area contributed by atoms with Gasteiger partial charge in [0.15, 0.2) is 5.78 Å². The lowest BCUT2D eigenvalue weighted by molar-refractivity contribution is -0.122. The summed E-state index contributed by atoms with van der Waals surface area (Å²) >= 11 is 0. The third kappa shape index (κ3) is 3.49. The summed E-state index contributed by atoms with van der Waals surface area (Å²) in [6, 6.07) is 2.22. The van der Waals surface area contributed by atoms with E-state index in [4.69, 9.17) is 5.73 Å². The standard InChI is InChI=1S/C18H21F2NO2/c1-9(17(11(3)23)12-4-5-12)18-15(19)6-13(7-16(18)20)14(8-21)10(2)22/h6-9,12,17H,4-5,21H2,1-3H3. The Bertz CT molecular complexity index is 655. The number of Topliss-reactive ketones (excluding diaryl/α,β-unsaturated/α-hetero) is 2. The summed E-state index contributed by atoms with van der Waals surface area (Å²) in [7, 11) is 0. The first-order chi connectivity index (χ1) is 10.8. The Morgan fingerprint density at radius 1 is 1.22 bits per heavy atom. The molecule has 1 aromatic rings. The summed E-state index contributed by atoms with van der Waals surface area (Å²) in [4.78, 5) is 23.3. The topological polar surface area (TPSA) is 60.2 Å². The molecule has 2 rings (SSSR count). The van der Waals surface area contributed by atoms with E-state index >= 15 is 0 Å². The second-order valence-corrected chi connectivity index (χ2v) is 6.25. The van der Waals surface area contributed by atoms with Crippen molar-refractivity contribution in [3.8, 4) is 0 Å². The summed E-state index contributed by atoms with van der Waals surface area (Å²) in [5, 5.41) is 0. The number of ketones is 2. The number of carbonyl (C=O) groups excluding carboxylic acids is 2.